The molecule has 3 amide bonds. The number of rotatable bonds is 5. The molecule has 0 bridgehead atoms. The average molecular weight is 440 g/mol. The van der Waals surface area contributed by atoms with E-state index in [9.17, 15) is 9.59 Å². The van der Waals surface area contributed by atoms with E-state index in [1.165, 1.54) is 12.4 Å². The molecule has 3 heterocycles. The molecule has 2 aromatic carbocycles. The lowest BCUT2D eigenvalue weighted by molar-refractivity contribution is 0.100. The van der Waals surface area contributed by atoms with E-state index in [-0.39, 0.29) is 17.4 Å². The molecule has 0 aliphatic carbocycles. The van der Waals surface area contributed by atoms with Gasteiger partial charge in [-0.05, 0) is 23.3 Å². The fourth-order valence-electron chi connectivity index (χ4n) is 3.77. The van der Waals surface area contributed by atoms with Crippen LogP contribution < -0.4 is 16.4 Å². The molecule has 4 aromatic rings. The van der Waals surface area contributed by atoms with Crippen LogP contribution in [0.2, 0.25) is 0 Å². The summed E-state index contributed by atoms with van der Waals surface area (Å²) in [7, 11) is 0. The molecular weight excluding hydrogens is 420 g/mol. The number of aromatic nitrogens is 4. The molecule has 0 unspecified atom stereocenters. The van der Waals surface area contributed by atoms with Gasteiger partial charge in [0.05, 0.1) is 11.9 Å². The van der Waals surface area contributed by atoms with Gasteiger partial charge in [-0.25, -0.2) is 9.78 Å². The molecule has 5 N–H and O–H groups in total. The van der Waals surface area contributed by atoms with Crippen molar-refractivity contribution in [2.75, 3.05) is 10.6 Å². The average Bonchev–Trinajstić information content (AvgIpc) is 3.45. The van der Waals surface area contributed by atoms with Crippen LogP contribution in [0, 0.1) is 0 Å². The highest BCUT2D eigenvalue weighted by Gasteiger charge is 2.23. The van der Waals surface area contributed by atoms with Gasteiger partial charge < -0.3 is 21.3 Å². The molecule has 1 aliphatic heterocycles. The number of benzene rings is 2. The third-order valence-corrected chi connectivity index (χ3v) is 5.38. The van der Waals surface area contributed by atoms with Crippen LogP contribution in [0.1, 0.15) is 21.5 Å². The van der Waals surface area contributed by atoms with E-state index in [0.29, 0.717) is 35.9 Å². The van der Waals surface area contributed by atoms with Crippen LogP contribution >= 0.6 is 0 Å². The lowest BCUT2D eigenvalue weighted by atomic mass is 10.1. The first-order valence-electron chi connectivity index (χ1n) is 10.2. The summed E-state index contributed by atoms with van der Waals surface area (Å²) in [5, 5.41) is 12.9. The molecule has 33 heavy (non-hydrogen) atoms. The molecule has 0 atom stereocenters. The SMILES string of the molecule is NC(=O)c1c(Nc2cnccn2)n[nH]c1-c1ccc(NC(=O)N2Cc3ccccc3C2)cc1. The number of carbonyl (C=O) groups excluding carboxylic acids is 2. The van der Waals surface area contributed by atoms with Gasteiger partial charge in [0, 0.05) is 36.7 Å². The van der Waals surface area contributed by atoms with E-state index in [4.69, 9.17) is 5.73 Å². The third kappa shape index (κ3) is 4.09. The van der Waals surface area contributed by atoms with Crippen molar-refractivity contribution in [2.45, 2.75) is 13.1 Å². The molecule has 0 saturated carbocycles. The van der Waals surface area contributed by atoms with Gasteiger partial charge in [0.15, 0.2) is 5.82 Å². The van der Waals surface area contributed by atoms with Gasteiger partial charge in [-0.15, -0.1) is 0 Å². The summed E-state index contributed by atoms with van der Waals surface area (Å²) in [6.45, 7) is 1.16. The van der Waals surface area contributed by atoms with Crippen LogP contribution in [0.5, 0.6) is 0 Å². The minimum Gasteiger partial charge on any atom is -0.365 e. The monoisotopic (exact) mass is 440 g/mol. The number of primary amides is 1. The van der Waals surface area contributed by atoms with Crippen molar-refractivity contribution in [3.8, 4) is 11.3 Å². The number of amides is 3. The van der Waals surface area contributed by atoms with Crippen LogP contribution in [0.25, 0.3) is 11.3 Å². The Labute approximate surface area is 188 Å². The van der Waals surface area contributed by atoms with E-state index < -0.39 is 5.91 Å². The number of fused-ring (bicyclic) bond motifs is 1. The molecule has 10 nitrogen and oxygen atoms in total. The summed E-state index contributed by atoms with van der Waals surface area (Å²) in [5.74, 6) is 0.0419. The van der Waals surface area contributed by atoms with Gasteiger partial charge >= 0.3 is 6.03 Å². The predicted octanol–water partition coefficient (Wildman–Crippen LogP) is 3.26. The number of nitrogens with zero attached hydrogens (tertiary/aromatic N) is 4. The first-order chi connectivity index (χ1) is 16.1. The van der Waals surface area contributed by atoms with Gasteiger partial charge in [0.1, 0.15) is 11.4 Å². The lowest BCUT2D eigenvalue weighted by Gasteiger charge is -2.16. The molecule has 164 valence electrons. The molecule has 5 rings (SSSR count). The maximum atomic E-state index is 12.7. The number of hydrogen-bond donors (Lipinski definition) is 4. The number of carbonyl (C=O) groups is 2. The number of anilines is 3. The fraction of sp³-hybridized carbons (Fsp3) is 0.0870. The fourth-order valence-corrected chi connectivity index (χ4v) is 3.77. The summed E-state index contributed by atoms with van der Waals surface area (Å²) in [5.41, 5.74) is 9.92. The van der Waals surface area contributed by atoms with Gasteiger partial charge in [-0.1, -0.05) is 36.4 Å². The summed E-state index contributed by atoms with van der Waals surface area (Å²) >= 11 is 0. The van der Waals surface area contributed by atoms with Gasteiger partial charge in [-0.3, -0.25) is 14.9 Å². The van der Waals surface area contributed by atoms with Crippen molar-refractivity contribution in [1.82, 2.24) is 25.1 Å². The first kappa shape index (κ1) is 20.2. The van der Waals surface area contributed by atoms with Gasteiger partial charge in [-0.2, -0.15) is 5.10 Å². The van der Waals surface area contributed by atoms with Crippen LogP contribution in [0.3, 0.4) is 0 Å². The summed E-state index contributed by atoms with van der Waals surface area (Å²) in [4.78, 5) is 34.7. The van der Waals surface area contributed by atoms with Gasteiger partial charge in [0.25, 0.3) is 5.91 Å². The number of hydrogen-bond acceptors (Lipinski definition) is 6. The Hall–Kier alpha value is -4.73. The van der Waals surface area contributed by atoms with E-state index in [1.807, 2.05) is 24.3 Å². The molecular formula is C23H20N8O2. The normalized spacial score (nSPS) is 12.3. The Kier molecular flexibility index (Phi) is 5.15. The minimum atomic E-state index is -0.642. The van der Waals surface area contributed by atoms with E-state index >= 15 is 0 Å². The van der Waals surface area contributed by atoms with E-state index in [1.54, 1.807) is 35.4 Å². The van der Waals surface area contributed by atoms with Crippen molar-refractivity contribution in [3.63, 3.8) is 0 Å². The maximum Gasteiger partial charge on any atom is 0.322 e. The number of aromatic amines is 1. The second kappa shape index (κ2) is 8.42. The number of urea groups is 1. The topological polar surface area (TPSA) is 142 Å². The zero-order valence-electron chi connectivity index (χ0n) is 17.4. The molecule has 1 aliphatic rings. The highest BCUT2D eigenvalue weighted by molar-refractivity contribution is 6.04. The number of H-pyrrole nitrogens is 1. The number of nitrogens with one attached hydrogen (secondary N) is 3. The largest absolute Gasteiger partial charge is 0.365 e. The van der Waals surface area contributed by atoms with Crippen LogP contribution in [-0.2, 0) is 13.1 Å². The van der Waals surface area contributed by atoms with Crippen molar-refractivity contribution < 1.29 is 9.59 Å². The zero-order chi connectivity index (χ0) is 22.8. The number of nitrogens with two attached hydrogens (primary N) is 1. The van der Waals surface area contributed by atoms with Gasteiger partial charge in [0.2, 0.25) is 0 Å². The van der Waals surface area contributed by atoms with Crippen molar-refractivity contribution in [2.24, 2.45) is 5.73 Å². The molecule has 0 saturated heterocycles. The van der Waals surface area contributed by atoms with Crippen molar-refractivity contribution in [3.05, 3.63) is 83.8 Å². The molecule has 0 radical (unpaired) electrons. The Balaban J connectivity index is 1.31. The van der Waals surface area contributed by atoms with Crippen LogP contribution in [-0.4, -0.2) is 37.0 Å². The van der Waals surface area contributed by atoms with Crippen LogP contribution in [0.4, 0.5) is 22.1 Å². The molecule has 10 heteroatoms. The van der Waals surface area contributed by atoms with Crippen LogP contribution in [0.15, 0.2) is 67.1 Å². The highest BCUT2D eigenvalue weighted by atomic mass is 16.2. The quantitative estimate of drug-likeness (QED) is 0.375. The Morgan fingerprint density at radius 3 is 2.36 bits per heavy atom. The smallest absolute Gasteiger partial charge is 0.322 e. The maximum absolute atomic E-state index is 12.7. The van der Waals surface area contributed by atoms with Crippen molar-refractivity contribution in [1.29, 1.82) is 0 Å². The minimum absolute atomic E-state index is 0.172. The third-order valence-electron chi connectivity index (χ3n) is 5.38. The summed E-state index contributed by atoms with van der Waals surface area (Å²) in [6, 6.07) is 14.9. The molecule has 2 aromatic heterocycles. The Morgan fingerprint density at radius 2 is 1.73 bits per heavy atom. The zero-order valence-corrected chi connectivity index (χ0v) is 17.4. The molecule has 0 fully saturated rings. The predicted molar refractivity (Wildman–Crippen MR) is 123 cm³/mol. The summed E-state index contributed by atoms with van der Waals surface area (Å²) < 4.78 is 0. The van der Waals surface area contributed by atoms with Crippen molar-refractivity contribution >= 4 is 29.3 Å². The summed E-state index contributed by atoms with van der Waals surface area (Å²) in [6.07, 6.45) is 4.57. The second-order valence-corrected chi connectivity index (χ2v) is 7.53. The highest BCUT2D eigenvalue weighted by Crippen LogP contribution is 2.29. The standard InChI is InChI=1S/C23H20N8O2/c24-21(32)19-20(29-30-22(19)28-18-11-25-9-10-26-18)14-5-7-17(8-6-14)27-23(33)31-12-15-3-1-2-4-16(15)13-31/h1-11H,12-13H2,(H2,24,32)(H,27,33)(H2,26,28,29,30). The van der Waals surface area contributed by atoms with E-state index in [2.05, 4.69) is 30.8 Å². The lowest BCUT2D eigenvalue weighted by Crippen LogP contribution is -2.30. The van der Waals surface area contributed by atoms with E-state index in [0.717, 1.165) is 11.1 Å². The molecule has 0 spiro atoms. The second-order valence-electron chi connectivity index (χ2n) is 7.53. The first-order valence-corrected chi connectivity index (χ1v) is 10.2. The Morgan fingerprint density at radius 1 is 1.00 bits per heavy atom. The Bertz CT molecular complexity index is 1290.